The lowest BCUT2D eigenvalue weighted by Crippen LogP contribution is -2.19. The van der Waals surface area contributed by atoms with Gasteiger partial charge < -0.3 is 25.3 Å². The number of likely N-dealkylation sites (N-methyl/N-ethyl adjacent to an activating group) is 1. The lowest BCUT2D eigenvalue weighted by Gasteiger charge is -2.15. The summed E-state index contributed by atoms with van der Waals surface area (Å²) >= 11 is 0. The average molecular weight is 432 g/mol. The van der Waals surface area contributed by atoms with E-state index in [1.54, 1.807) is 12.4 Å². The fourth-order valence-electron chi connectivity index (χ4n) is 3.53. The summed E-state index contributed by atoms with van der Waals surface area (Å²) in [7, 11) is 4.02. The number of fused-ring (bicyclic) bond motifs is 1. The molecule has 8 heteroatoms. The molecule has 0 aliphatic carbocycles. The van der Waals surface area contributed by atoms with Gasteiger partial charge in [0.1, 0.15) is 12.4 Å². The number of ether oxygens (including phenoxy) is 1. The topological polar surface area (TPSA) is 94.1 Å². The van der Waals surface area contributed by atoms with E-state index in [-0.39, 0.29) is 0 Å². The van der Waals surface area contributed by atoms with Crippen molar-refractivity contribution in [2.24, 2.45) is 0 Å². The predicted molar refractivity (Wildman–Crippen MR) is 129 cm³/mol. The number of anilines is 3. The van der Waals surface area contributed by atoms with Crippen molar-refractivity contribution in [3.8, 4) is 17.0 Å². The average Bonchev–Trinajstić information content (AvgIpc) is 3.15. The van der Waals surface area contributed by atoms with E-state index in [0.717, 1.165) is 34.4 Å². The number of hydrogen-bond donors (Lipinski definition) is 2. The second kappa shape index (κ2) is 9.23. The highest BCUT2D eigenvalue weighted by molar-refractivity contribution is 5.94. The van der Waals surface area contributed by atoms with Crippen molar-refractivity contribution in [2.45, 2.75) is 19.9 Å². The third-order valence-electron chi connectivity index (χ3n) is 5.17. The fraction of sp³-hybridized carbons (Fsp3) is 0.292. The Hall–Kier alpha value is -3.65. The fourth-order valence-corrected chi connectivity index (χ4v) is 3.53. The zero-order valence-corrected chi connectivity index (χ0v) is 18.9. The van der Waals surface area contributed by atoms with Crippen molar-refractivity contribution in [1.29, 1.82) is 0 Å². The Morgan fingerprint density at radius 3 is 2.78 bits per heavy atom. The third kappa shape index (κ3) is 4.65. The smallest absolute Gasteiger partial charge is 0.227 e. The zero-order valence-electron chi connectivity index (χ0n) is 18.9. The molecule has 0 radical (unpaired) electrons. The van der Waals surface area contributed by atoms with Crippen molar-refractivity contribution in [2.75, 3.05) is 38.3 Å². The molecule has 3 N–H and O–H groups in total. The highest BCUT2D eigenvalue weighted by atomic mass is 16.5. The summed E-state index contributed by atoms with van der Waals surface area (Å²) in [6.45, 7) is 5.68. The first-order valence-corrected chi connectivity index (χ1v) is 10.6. The van der Waals surface area contributed by atoms with E-state index in [4.69, 9.17) is 15.5 Å². The zero-order chi connectivity index (χ0) is 22.7. The molecule has 166 valence electrons. The van der Waals surface area contributed by atoms with Gasteiger partial charge in [-0.15, -0.1) is 0 Å². The Balaban J connectivity index is 1.66. The van der Waals surface area contributed by atoms with Crippen LogP contribution in [0.1, 0.15) is 19.9 Å². The standard InChI is InChI=1S/C24H29N7O/c1-16(2)31-15-19(18-7-9-26-14-22(18)31)20-8-10-27-24(28-20)29-21-13-17(25)5-6-23(21)32-12-11-30(3)4/h5-10,13-16H,11-12,25H2,1-4H3,(H,27,28,29). The van der Waals surface area contributed by atoms with Crippen LogP contribution in [0.25, 0.3) is 22.2 Å². The SMILES string of the molecule is CC(C)n1cc(-c2ccnc(Nc3cc(N)ccc3OCCN(C)C)n2)c2ccncc21. The van der Waals surface area contributed by atoms with Crippen molar-refractivity contribution in [3.63, 3.8) is 0 Å². The summed E-state index contributed by atoms with van der Waals surface area (Å²) < 4.78 is 8.16. The molecule has 3 aromatic heterocycles. The first-order valence-electron chi connectivity index (χ1n) is 10.6. The second-order valence-electron chi connectivity index (χ2n) is 8.23. The van der Waals surface area contributed by atoms with Crippen LogP contribution >= 0.6 is 0 Å². The summed E-state index contributed by atoms with van der Waals surface area (Å²) in [6.07, 6.45) is 7.58. The van der Waals surface area contributed by atoms with Crippen LogP contribution < -0.4 is 15.8 Å². The van der Waals surface area contributed by atoms with E-state index >= 15 is 0 Å². The molecule has 0 spiro atoms. The van der Waals surface area contributed by atoms with Crippen LogP contribution in [0.4, 0.5) is 17.3 Å². The highest BCUT2D eigenvalue weighted by Crippen LogP contribution is 2.33. The molecule has 8 nitrogen and oxygen atoms in total. The maximum atomic E-state index is 6.02. The van der Waals surface area contributed by atoms with E-state index in [2.05, 4.69) is 44.8 Å². The maximum absolute atomic E-state index is 6.02. The summed E-state index contributed by atoms with van der Waals surface area (Å²) in [5, 5.41) is 4.39. The number of hydrogen-bond acceptors (Lipinski definition) is 7. The van der Waals surface area contributed by atoms with E-state index in [1.807, 2.05) is 50.6 Å². The number of nitrogens with one attached hydrogen (secondary N) is 1. The van der Waals surface area contributed by atoms with Crippen LogP contribution in [0.3, 0.4) is 0 Å². The lowest BCUT2D eigenvalue weighted by molar-refractivity contribution is 0.262. The van der Waals surface area contributed by atoms with Gasteiger partial charge in [-0.1, -0.05) is 0 Å². The van der Waals surface area contributed by atoms with E-state index in [9.17, 15) is 0 Å². The molecular weight excluding hydrogens is 402 g/mol. The third-order valence-corrected chi connectivity index (χ3v) is 5.17. The largest absolute Gasteiger partial charge is 0.490 e. The summed E-state index contributed by atoms with van der Waals surface area (Å²) in [5.41, 5.74) is 10.3. The van der Waals surface area contributed by atoms with Gasteiger partial charge in [-0.2, -0.15) is 0 Å². The normalized spacial score (nSPS) is 11.4. The molecule has 32 heavy (non-hydrogen) atoms. The van der Waals surface area contributed by atoms with Crippen LogP contribution in [0.2, 0.25) is 0 Å². The van der Waals surface area contributed by atoms with Crippen molar-refractivity contribution < 1.29 is 4.74 Å². The Morgan fingerprint density at radius 2 is 2.00 bits per heavy atom. The van der Waals surface area contributed by atoms with Crippen LogP contribution in [0, 0.1) is 0 Å². The van der Waals surface area contributed by atoms with Gasteiger partial charge in [0.25, 0.3) is 0 Å². The Labute approximate surface area is 188 Å². The van der Waals surface area contributed by atoms with E-state index in [1.165, 1.54) is 0 Å². The minimum Gasteiger partial charge on any atom is -0.490 e. The number of rotatable bonds is 8. The van der Waals surface area contributed by atoms with Gasteiger partial charge in [0, 0.05) is 47.8 Å². The molecule has 0 fully saturated rings. The number of benzene rings is 1. The molecule has 4 rings (SSSR count). The lowest BCUT2D eigenvalue weighted by atomic mass is 10.1. The molecule has 0 unspecified atom stereocenters. The van der Waals surface area contributed by atoms with Gasteiger partial charge in [0.05, 0.1) is 23.1 Å². The van der Waals surface area contributed by atoms with Crippen molar-refractivity contribution >= 4 is 28.2 Å². The Bertz CT molecular complexity index is 1220. The number of nitrogens with zero attached hydrogens (tertiary/aromatic N) is 5. The van der Waals surface area contributed by atoms with Crippen LogP contribution in [0.15, 0.2) is 55.1 Å². The monoisotopic (exact) mass is 431 g/mol. The summed E-state index contributed by atoms with van der Waals surface area (Å²) in [5.74, 6) is 1.18. The second-order valence-corrected chi connectivity index (χ2v) is 8.23. The minimum atomic E-state index is 0.309. The number of aromatic nitrogens is 4. The first kappa shape index (κ1) is 21.6. The molecule has 3 heterocycles. The molecule has 0 saturated carbocycles. The molecule has 4 aromatic rings. The molecular formula is C24H29N7O. The van der Waals surface area contributed by atoms with Crippen molar-refractivity contribution in [1.82, 2.24) is 24.4 Å². The van der Waals surface area contributed by atoms with Crippen LogP contribution in [0.5, 0.6) is 5.75 Å². The Morgan fingerprint density at radius 1 is 1.16 bits per heavy atom. The highest BCUT2D eigenvalue weighted by Gasteiger charge is 2.14. The molecule has 0 bridgehead atoms. The van der Waals surface area contributed by atoms with Gasteiger partial charge in [0.15, 0.2) is 0 Å². The molecule has 0 aliphatic heterocycles. The number of nitrogens with two attached hydrogens (primary N) is 1. The van der Waals surface area contributed by atoms with Crippen LogP contribution in [-0.2, 0) is 0 Å². The Kier molecular flexibility index (Phi) is 6.23. The molecule has 0 atom stereocenters. The van der Waals surface area contributed by atoms with Gasteiger partial charge >= 0.3 is 0 Å². The van der Waals surface area contributed by atoms with Gasteiger partial charge in [-0.3, -0.25) is 4.98 Å². The first-order chi connectivity index (χ1) is 15.4. The van der Waals surface area contributed by atoms with Gasteiger partial charge in [0.2, 0.25) is 5.95 Å². The maximum Gasteiger partial charge on any atom is 0.227 e. The summed E-state index contributed by atoms with van der Waals surface area (Å²) in [6, 6.07) is 9.76. The quantitative estimate of drug-likeness (QED) is 0.401. The predicted octanol–water partition coefficient (Wildman–Crippen LogP) is 4.34. The molecule has 1 aromatic carbocycles. The van der Waals surface area contributed by atoms with E-state index < -0.39 is 0 Å². The molecule has 0 amide bonds. The summed E-state index contributed by atoms with van der Waals surface area (Å²) in [4.78, 5) is 15.6. The van der Waals surface area contributed by atoms with Gasteiger partial charge in [-0.05, 0) is 58.3 Å². The van der Waals surface area contributed by atoms with E-state index in [0.29, 0.717) is 30.0 Å². The van der Waals surface area contributed by atoms with Crippen LogP contribution in [-0.4, -0.2) is 51.7 Å². The number of nitrogen functional groups attached to an aromatic ring is 1. The number of pyridine rings is 1. The molecule has 0 aliphatic rings. The molecule has 0 saturated heterocycles. The van der Waals surface area contributed by atoms with Gasteiger partial charge in [-0.25, -0.2) is 9.97 Å². The van der Waals surface area contributed by atoms with Crippen molar-refractivity contribution in [3.05, 3.63) is 55.1 Å². The minimum absolute atomic E-state index is 0.309.